The Morgan fingerprint density at radius 2 is 1.73 bits per heavy atom. The molecule has 2 aromatic heterocycles. The fourth-order valence-corrected chi connectivity index (χ4v) is 5.80. The number of amides is 2. The lowest BCUT2D eigenvalue weighted by Crippen LogP contribution is -2.38. The molecule has 10 heteroatoms. The highest BCUT2D eigenvalue weighted by Crippen LogP contribution is 2.55. The van der Waals surface area contributed by atoms with Crippen LogP contribution in [-0.4, -0.2) is 34.1 Å². The number of anilines is 3. The maximum atomic E-state index is 13.2. The van der Waals surface area contributed by atoms with Gasteiger partial charge < -0.3 is 11.1 Å². The summed E-state index contributed by atoms with van der Waals surface area (Å²) >= 11 is 0. The number of carbonyl (C=O) groups excluding carboxylic acids is 1. The normalized spacial score (nSPS) is 15.0. The van der Waals surface area contributed by atoms with Crippen LogP contribution in [0.1, 0.15) is 39.3 Å². The summed E-state index contributed by atoms with van der Waals surface area (Å²) in [4.78, 5) is 25.1. The third-order valence-electron chi connectivity index (χ3n) is 5.54. The largest absolute Gasteiger partial charge is 0.384 e. The number of nitrogens with two attached hydrogens (primary N) is 1. The fraction of sp³-hybridized carbons (Fsp3) is 0.304. The average molecular weight is 467 g/mol. The number of sulfone groups is 1. The van der Waals surface area contributed by atoms with Crippen LogP contribution in [-0.2, 0) is 14.6 Å². The number of pyridine rings is 1. The minimum atomic E-state index is -3.49. The van der Waals surface area contributed by atoms with Gasteiger partial charge in [-0.3, -0.25) is 5.32 Å². The summed E-state index contributed by atoms with van der Waals surface area (Å²) < 4.78 is 24.5. The molecule has 0 unspecified atom stereocenters. The molecule has 0 aliphatic heterocycles. The summed E-state index contributed by atoms with van der Waals surface area (Å²) in [6.45, 7) is 5.09. The summed E-state index contributed by atoms with van der Waals surface area (Å²) in [6, 6.07) is 13.2. The Morgan fingerprint density at radius 1 is 1.03 bits per heavy atom. The number of hydrogen-bond acceptors (Lipinski definition) is 7. The standard InChI is InChI=1S/C23H26N6O3S/c1-22(2,3)33(31,32)23(11-12-23)17-14-18(24)28-20(27-17)15-7-9-16(10-8-15)26-21(30)29-19-6-4-5-13-25-19/h4-10,13-14H,11-12H2,1-3H3,(H2,24,27,28)(H2,25,26,29,30). The quantitative estimate of drug-likeness (QED) is 0.517. The number of nitrogens with one attached hydrogen (secondary N) is 2. The summed E-state index contributed by atoms with van der Waals surface area (Å²) in [6.07, 6.45) is 2.61. The second-order valence-electron chi connectivity index (χ2n) is 8.98. The first-order valence-corrected chi connectivity index (χ1v) is 12.0. The molecule has 3 aromatic rings. The molecule has 33 heavy (non-hydrogen) atoms. The number of benzene rings is 1. The van der Waals surface area contributed by atoms with E-state index in [2.05, 4.69) is 25.6 Å². The first kappa shape index (κ1) is 22.7. The molecule has 1 fully saturated rings. The molecule has 2 heterocycles. The van der Waals surface area contributed by atoms with Gasteiger partial charge in [-0.15, -0.1) is 0 Å². The van der Waals surface area contributed by atoms with E-state index in [1.54, 1.807) is 75.5 Å². The van der Waals surface area contributed by atoms with Crippen LogP contribution in [0.5, 0.6) is 0 Å². The molecule has 2 amide bonds. The van der Waals surface area contributed by atoms with Gasteiger partial charge in [0.2, 0.25) is 0 Å². The van der Waals surface area contributed by atoms with Crippen LogP contribution in [0.3, 0.4) is 0 Å². The molecule has 4 N–H and O–H groups in total. The zero-order chi connectivity index (χ0) is 23.9. The molecule has 4 rings (SSSR count). The second kappa shape index (κ2) is 8.11. The van der Waals surface area contributed by atoms with Gasteiger partial charge in [-0.25, -0.2) is 28.2 Å². The van der Waals surface area contributed by atoms with E-state index in [0.717, 1.165) is 0 Å². The highest BCUT2D eigenvalue weighted by Gasteiger charge is 2.60. The first-order chi connectivity index (χ1) is 15.5. The van der Waals surface area contributed by atoms with Crippen molar-refractivity contribution in [3.63, 3.8) is 0 Å². The van der Waals surface area contributed by atoms with Crippen molar-refractivity contribution >= 4 is 33.2 Å². The van der Waals surface area contributed by atoms with Gasteiger partial charge in [0.1, 0.15) is 16.4 Å². The SMILES string of the molecule is CC(C)(C)S(=O)(=O)C1(c2cc(N)nc(-c3ccc(NC(=O)Nc4ccccn4)cc3)n2)CC1. The lowest BCUT2D eigenvalue weighted by Gasteiger charge is -2.26. The second-order valence-corrected chi connectivity index (χ2v) is 12.0. The third kappa shape index (κ3) is 4.38. The minimum absolute atomic E-state index is 0.210. The van der Waals surface area contributed by atoms with Gasteiger partial charge in [0.05, 0.1) is 10.4 Å². The Balaban J connectivity index is 1.56. The molecule has 1 aliphatic rings. The summed E-state index contributed by atoms with van der Waals surface area (Å²) in [5, 5.41) is 5.37. The highest BCUT2D eigenvalue weighted by molar-refractivity contribution is 7.94. The smallest absolute Gasteiger partial charge is 0.324 e. The van der Waals surface area contributed by atoms with Gasteiger partial charge in [-0.1, -0.05) is 6.07 Å². The Morgan fingerprint density at radius 3 is 2.30 bits per heavy atom. The molecule has 0 radical (unpaired) electrons. The first-order valence-electron chi connectivity index (χ1n) is 10.5. The molecule has 172 valence electrons. The molecule has 9 nitrogen and oxygen atoms in total. The number of hydrogen-bond donors (Lipinski definition) is 3. The molecule has 0 bridgehead atoms. The van der Waals surface area contributed by atoms with E-state index < -0.39 is 25.4 Å². The molecule has 1 aliphatic carbocycles. The van der Waals surface area contributed by atoms with E-state index in [4.69, 9.17) is 5.73 Å². The Kier molecular flexibility index (Phi) is 5.57. The Hall–Kier alpha value is -3.53. The van der Waals surface area contributed by atoms with Gasteiger partial charge >= 0.3 is 6.03 Å². The van der Waals surface area contributed by atoms with E-state index in [1.165, 1.54) is 0 Å². The van der Waals surface area contributed by atoms with Gasteiger partial charge in [0, 0.05) is 23.5 Å². The summed E-state index contributed by atoms with van der Waals surface area (Å²) in [5.74, 6) is 0.985. The van der Waals surface area contributed by atoms with Gasteiger partial charge in [0.25, 0.3) is 0 Å². The zero-order valence-electron chi connectivity index (χ0n) is 18.7. The van der Waals surface area contributed by atoms with Gasteiger partial charge in [-0.2, -0.15) is 0 Å². The molecular formula is C23H26N6O3S. The van der Waals surface area contributed by atoms with Crippen LogP contribution in [0.25, 0.3) is 11.4 Å². The molecule has 0 atom stereocenters. The number of nitrogen functional groups attached to an aromatic ring is 1. The van der Waals surface area contributed by atoms with Crippen LogP contribution in [0, 0.1) is 0 Å². The highest BCUT2D eigenvalue weighted by atomic mass is 32.2. The monoisotopic (exact) mass is 466 g/mol. The number of nitrogens with zero attached hydrogens (tertiary/aromatic N) is 3. The number of rotatable bonds is 5. The average Bonchev–Trinajstić information content (AvgIpc) is 3.56. The minimum Gasteiger partial charge on any atom is -0.384 e. The van der Waals surface area contributed by atoms with E-state index in [0.29, 0.717) is 41.4 Å². The van der Waals surface area contributed by atoms with Crippen LogP contribution < -0.4 is 16.4 Å². The van der Waals surface area contributed by atoms with Crippen molar-refractivity contribution in [3.05, 3.63) is 60.4 Å². The lowest BCUT2D eigenvalue weighted by molar-refractivity contribution is 0.262. The molecule has 1 saturated carbocycles. The van der Waals surface area contributed by atoms with Crippen molar-refractivity contribution in [3.8, 4) is 11.4 Å². The summed E-state index contributed by atoms with van der Waals surface area (Å²) in [7, 11) is -3.49. The van der Waals surface area contributed by atoms with Gasteiger partial charge in [0.15, 0.2) is 15.7 Å². The number of urea groups is 1. The van der Waals surface area contributed by atoms with E-state index in [1.807, 2.05) is 0 Å². The molecule has 0 spiro atoms. The molecule has 1 aromatic carbocycles. The maximum absolute atomic E-state index is 13.2. The number of carbonyl (C=O) groups is 1. The number of aromatic nitrogens is 3. The van der Waals surface area contributed by atoms with Crippen molar-refractivity contribution in [2.45, 2.75) is 43.1 Å². The molecule has 0 saturated heterocycles. The van der Waals surface area contributed by atoms with Crippen LogP contribution in [0.15, 0.2) is 54.7 Å². The van der Waals surface area contributed by atoms with Gasteiger partial charge in [-0.05, 0) is 70.0 Å². The van der Waals surface area contributed by atoms with Crippen LogP contribution in [0.4, 0.5) is 22.1 Å². The van der Waals surface area contributed by atoms with Crippen molar-refractivity contribution < 1.29 is 13.2 Å². The van der Waals surface area contributed by atoms with Crippen LogP contribution >= 0.6 is 0 Å². The molecular weight excluding hydrogens is 440 g/mol. The van der Waals surface area contributed by atoms with Crippen molar-refractivity contribution in [2.24, 2.45) is 0 Å². The van der Waals surface area contributed by atoms with Crippen molar-refractivity contribution in [2.75, 3.05) is 16.4 Å². The van der Waals surface area contributed by atoms with Crippen molar-refractivity contribution in [1.82, 2.24) is 15.0 Å². The van der Waals surface area contributed by atoms with E-state index in [9.17, 15) is 13.2 Å². The fourth-order valence-electron chi connectivity index (χ4n) is 3.61. The Labute approximate surface area is 192 Å². The predicted molar refractivity (Wildman–Crippen MR) is 128 cm³/mol. The lowest BCUT2D eigenvalue weighted by atomic mass is 10.1. The third-order valence-corrected chi connectivity index (χ3v) is 8.80. The topological polar surface area (TPSA) is 140 Å². The van der Waals surface area contributed by atoms with E-state index in [-0.39, 0.29) is 5.82 Å². The maximum Gasteiger partial charge on any atom is 0.324 e. The summed E-state index contributed by atoms with van der Waals surface area (Å²) in [5.41, 5.74) is 7.67. The van der Waals surface area contributed by atoms with Crippen molar-refractivity contribution in [1.29, 1.82) is 0 Å². The zero-order valence-corrected chi connectivity index (χ0v) is 19.5. The Bertz CT molecular complexity index is 1280. The van der Waals surface area contributed by atoms with E-state index >= 15 is 0 Å². The van der Waals surface area contributed by atoms with Crippen LogP contribution in [0.2, 0.25) is 0 Å². The predicted octanol–water partition coefficient (Wildman–Crippen LogP) is 3.97.